The first-order chi connectivity index (χ1) is 10.00. The van der Waals surface area contributed by atoms with E-state index in [4.69, 9.17) is 9.47 Å². The Labute approximate surface area is 133 Å². The summed E-state index contributed by atoms with van der Waals surface area (Å²) in [6.45, 7) is 3.31. The molecule has 1 atom stereocenters. The molecule has 1 fully saturated rings. The predicted octanol–water partition coefficient (Wildman–Crippen LogP) is 2.17. The van der Waals surface area contributed by atoms with Crippen molar-refractivity contribution in [3.05, 3.63) is 21.7 Å². The van der Waals surface area contributed by atoms with Crippen LogP contribution in [-0.2, 0) is 19.1 Å². The van der Waals surface area contributed by atoms with E-state index in [0.29, 0.717) is 17.7 Å². The lowest BCUT2D eigenvalue weighted by Gasteiger charge is -2.31. The minimum absolute atomic E-state index is 0.414. The monoisotopic (exact) mass is 357 g/mol. The number of allylic oxidation sites excluding steroid dienone is 1. The third-order valence-corrected chi connectivity index (χ3v) is 4.98. The summed E-state index contributed by atoms with van der Waals surface area (Å²) in [6, 6.07) is 0. The first-order valence-corrected chi connectivity index (χ1v) is 7.82. The van der Waals surface area contributed by atoms with Gasteiger partial charge in [-0.05, 0) is 36.4 Å². The molecule has 0 amide bonds. The highest BCUT2D eigenvalue weighted by Gasteiger charge is 2.53. The molecule has 5 nitrogen and oxygen atoms in total. The third kappa shape index (κ3) is 2.66. The largest absolute Gasteiger partial charge is 0.466 e. The Morgan fingerprint density at radius 2 is 2.00 bits per heavy atom. The Hall–Kier alpha value is -1.14. The second kappa shape index (κ2) is 6.32. The maximum absolute atomic E-state index is 12.3. The number of fused-ring (bicyclic) bond motifs is 1. The molecule has 2 aliphatic rings. The second-order valence-electron chi connectivity index (χ2n) is 5.23. The molecule has 2 aliphatic heterocycles. The van der Waals surface area contributed by atoms with Gasteiger partial charge in [0.15, 0.2) is 0 Å². The van der Waals surface area contributed by atoms with Gasteiger partial charge in [-0.15, -0.1) is 0 Å². The smallest absolute Gasteiger partial charge is 0.336 e. The van der Waals surface area contributed by atoms with Gasteiger partial charge in [-0.3, -0.25) is 4.90 Å². The van der Waals surface area contributed by atoms with Gasteiger partial charge in [0, 0.05) is 6.54 Å². The topological polar surface area (TPSA) is 55.8 Å². The lowest BCUT2D eigenvalue weighted by molar-refractivity contribution is -0.139. The van der Waals surface area contributed by atoms with E-state index in [2.05, 4.69) is 20.8 Å². The third-order valence-electron chi connectivity index (χ3n) is 4.19. The number of halogens is 1. The Morgan fingerprint density at radius 1 is 1.33 bits per heavy atom. The molecule has 6 heteroatoms. The predicted molar refractivity (Wildman–Crippen MR) is 81.9 cm³/mol. The van der Waals surface area contributed by atoms with E-state index < -0.39 is 17.5 Å². The van der Waals surface area contributed by atoms with Crippen LogP contribution in [0, 0.1) is 0 Å². The van der Waals surface area contributed by atoms with E-state index in [1.807, 2.05) is 13.0 Å². The zero-order valence-electron chi connectivity index (χ0n) is 12.6. The lowest BCUT2D eigenvalue weighted by atomic mass is 9.86. The fourth-order valence-corrected chi connectivity index (χ4v) is 3.60. The molecule has 0 spiro atoms. The van der Waals surface area contributed by atoms with Crippen LogP contribution in [0.15, 0.2) is 21.7 Å². The average molecular weight is 358 g/mol. The van der Waals surface area contributed by atoms with Crippen molar-refractivity contribution in [1.82, 2.24) is 4.90 Å². The molecule has 0 aromatic carbocycles. The quantitative estimate of drug-likeness (QED) is 0.721. The van der Waals surface area contributed by atoms with Gasteiger partial charge >= 0.3 is 11.9 Å². The van der Waals surface area contributed by atoms with E-state index in [1.165, 1.54) is 14.2 Å². The fourth-order valence-electron chi connectivity index (χ4n) is 3.22. The maximum Gasteiger partial charge on any atom is 0.336 e. The summed E-state index contributed by atoms with van der Waals surface area (Å²) < 4.78 is 10.8. The summed E-state index contributed by atoms with van der Waals surface area (Å²) >= 11 is 3.53. The maximum atomic E-state index is 12.3. The number of carbonyl (C=O) groups excluding carboxylic acids is 2. The highest BCUT2D eigenvalue weighted by Crippen LogP contribution is 2.45. The Bertz CT molecular complexity index is 526. The van der Waals surface area contributed by atoms with Gasteiger partial charge in [-0.1, -0.05) is 22.9 Å². The van der Waals surface area contributed by atoms with Crippen LogP contribution in [0.4, 0.5) is 0 Å². The van der Waals surface area contributed by atoms with Crippen LogP contribution < -0.4 is 0 Å². The van der Waals surface area contributed by atoms with E-state index in [-0.39, 0.29) is 0 Å². The van der Waals surface area contributed by atoms with E-state index in [1.54, 1.807) is 0 Å². The van der Waals surface area contributed by atoms with Crippen molar-refractivity contribution in [2.75, 3.05) is 27.3 Å². The van der Waals surface area contributed by atoms with Crippen LogP contribution in [0.25, 0.3) is 0 Å². The summed E-state index contributed by atoms with van der Waals surface area (Å²) in [4.78, 5) is 26.5. The summed E-state index contributed by atoms with van der Waals surface area (Å²) in [7, 11) is 2.67. The van der Waals surface area contributed by atoms with Crippen molar-refractivity contribution in [1.29, 1.82) is 0 Å². The molecule has 0 bridgehead atoms. The minimum atomic E-state index is -0.550. The molecular formula is C15H20BrNO4. The number of esters is 2. The van der Waals surface area contributed by atoms with E-state index >= 15 is 0 Å². The van der Waals surface area contributed by atoms with Crippen molar-refractivity contribution in [3.63, 3.8) is 0 Å². The number of hydrogen-bond acceptors (Lipinski definition) is 5. The summed E-state index contributed by atoms with van der Waals surface area (Å²) in [6.07, 6.45) is 4.66. The number of methoxy groups -OCH3 is 2. The molecule has 21 heavy (non-hydrogen) atoms. The molecular weight excluding hydrogens is 338 g/mol. The van der Waals surface area contributed by atoms with Crippen LogP contribution in [-0.4, -0.2) is 49.7 Å². The van der Waals surface area contributed by atoms with Gasteiger partial charge in [-0.25, -0.2) is 9.59 Å². The van der Waals surface area contributed by atoms with Crippen LogP contribution in [0.5, 0.6) is 0 Å². The standard InChI is InChI=1S/C15H20BrNO4/c1-4-10(16)8-15-6-5-7-17(15)9-11(13(18)20-2)12(15)14(19)21-3/h8H,4-7,9H2,1-3H3/b10-8+. The van der Waals surface area contributed by atoms with Gasteiger partial charge in [0.2, 0.25) is 0 Å². The fraction of sp³-hybridized carbons (Fsp3) is 0.600. The van der Waals surface area contributed by atoms with Crippen molar-refractivity contribution >= 4 is 27.9 Å². The highest BCUT2D eigenvalue weighted by molar-refractivity contribution is 9.11. The van der Waals surface area contributed by atoms with Crippen LogP contribution in [0.2, 0.25) is 0 Å². The molecule has 0 aliphatic carbocycles. The van der Waals surface area contributed by atoms with Crippen LogP contribution >= 0.6 is 15.9 Å². The number of hydrogen-bond donors (Lipinski definition) is 0. The van der Waals surface area contributed by atoms with Gasteiger partial charge in [0.25, 0.3) is 0 Å². The summed E-state index contributed by atoms with van der Waals surface area (Å²) in [5.74, 6) is -0.905. The number of rotatable bonds is 4. The van der Waals surface area contributed by atoms with Gasteiger partial charge in [-0.2, -0.15) is 0 Å². The molecule has 0 saturated carbocycles. The zero-order valence-corrected chi connectivity index (χ0v) is 14.2. The molecule has 116 valence electrons. The van der Waals surface area contributed by atoms with Crippen LogP contribution in [0.1, 0.15) is 26.2 Å². The van der Waals surface area contributed by atoms with Gasteiger partial charge < -0.3 is 9.47 Å². The van der Waals surface area contributed by atoms with E-state index in [0.717, 1.165) is 30.3 Å². The van der Waals surface area contributed by atoms with Crippen molar-refractivity contribution in [2.45, 2.75) is 31.7 Å². The summed E-state index contributed by atoms with van der Waals surface area (Å²) in [5.41, 5.74) is 0.294. The first-order valence-electron chi connectivity index (χ1n) is 7.02. The Kier molecular flexibility index (Phi) is 4.88. The first kappa shape index (κ1) is 16.2. The molecule has 2 heterocycles. The second-order valence-corrected chi connectivity index (χ2v) is 6.25. The molecule has 0 radical (unpaired) electrons. The van der Waals surface area contributed by atoms with Crippen molar-refractivity contribution in [2.24, 2.45) is 0 Å². The zero-order chi connectivity index (χ0) is 15.6. The average Bonchev–Trinajstić information content (AvgIpc) is 3.00. The molecule has 2 rings (SSSR count). The SMILES string of the molecule is CC/C(Br)=C\C12CCCN1CC(C(=O)OC)=C2C(=O)OC. The van der Waals surface area contributed by atoms with Gasteiger partial charge in [0.05, 0.1) is 30.9 Å². The van der Waals surface area contributed by atoms with Gasteiger partial charge in [0.1, 0.15) is 0 Å². The molecule has 0 aromatic heterocycles. The normalized spacial score (nSPS) is 26.0. The Morgan fingerprint density at radius 3 is 2.57 bits per heavy atom. The lowest BCUT2D eigenvalue weighted by Crippen LogP contribution is -2.41. The number of carbonyl (C=O) groups is 2. The molecule has 0 aromatic rings. The Balaban J connectivity index is 2.59. The number of nitrogens with zero attached hydrogens (tertiary/aromatic N) is 1. The molecule has 0 N–H and O–H groups in total. The van der Waals surface area contributed by atoms with Crippen molar-refractivity contribution in [3.8, 4) is 0 Å². The van der Waals surface area contributed by atoms with Crippen molar-refractivity contribution < 1.29 is 19.1 Å². The molecule has 1 saturated heterocycles. The number of ether oxygens (including phenoxy) is 2. The van der Waals surface area contributed by atoms with E-state index in [9.17, 15) is 9.59 Å². The molecule has 1 unspecified atom stereocenters. The minimum Gasteiger partial charge on any atom is -0.466 e. The van der Waals surface area contributed by atoms with Crippen LogP contribution in [0.3, 0.4) is 0 Å². The summed E-state index contributed by atoms with van der Waals surface area (Å²) in [5, 5.41) is 0. The highest BCUT2D eigenvalue weighted by atomic mass is 79.9.